The van der Waals surface area contributed by atoms with Gasteiger partial charge in [-0.3, -0.25) is 0 Å². The number of nitrogens with two attached hydrogens (primary N) is 2. The molecule has 1 atom stereocenters. The van der Waals surface area contributed by atoms with Crippen molar-refractivity contribution in [1.82, 2.24) is 0 Å². The number of hydrazone groups is 2. The molecule has 6 aromatic rings. The van der Waals surface area contributed by atoms with E-state index >= 15 is 0 Å². The monoisotopic (exact) mass is 870 g/mol. The molecule has 0 radical (unpaired) electrons. The summed E-state index contributed by atoms with van der Waals surface area (Å²) < 4.78 is 0. The molecule has 4 aromatic carbocycles. The van der Waals surface area contributed by atoms with Crippen LogP contribution >= 0.6 is 22.7 Å². The van der Waals surface area contributed by atoms with Gasteiger partial charge < -0.3 is 19.8 Å². The normalized spacial score (nSPS) is 14.0. The average Bonchev–Trinajstić information content (AvgIpc) is 4.17. The number of benzene rings is 4. The summed E-state index contributed by atoms with van der Waals surface area (Å²) >= 11 is 3.40. The molecule has 2 aromatic heterocycles. The van der Waals surface area contributed by atoms with E-state index in [9.17, 15) is 19.8 Å². The van der Waals surface area contributed by atoms with Crippen molar-refractivity contribution in [3.63, 3.8) is 0 Å². The van der Waals surface area contributed by atoms with Crippen LogP contribution in [0.4, 0.5) is 22.7 Å². The van der Waals surface area contributed by atoms with Crippen molar-refractivity contribution in [3.8, 4) is 0 Å². The molecule has 4 N–H and O–H groups in total. The van der Waals surface area contributed by atoms with E-state index < -0.39 is 23.3 Å². The molecule has 322 valence electrons. The summed E-state index contributed by atoms with van der Waals surface area (Å²) in [6.45, 7) is 5.46. The van der Waals surface area contributed by atoms with Gasteiger partial charge in [-0.2, -0.15) is 10.9 Å². The third-order valence-corrected chi connectivity index (χ3v) is 12.6. The van der Waals surface area contributed by atoms with E-state index in [2.05, 4.69) is 99.4 Å². The summed E-state index contributed by atoms with van der Waals surface area (Å²) in [6, 6.07) is 49.2. The summed E-state index contributed by atoms with van der Waals surface area (Å²) in [5.74, 6) is -1.53. The van der Waals surface area contributed by atoms with Crippen LogP contribution in [-0.4, -0.2) is 23.6 Å². The molecule has 1 unspecified atom stereocenters. The van der Waals surface area contributed by atoms with Crippen LogP contribution in [0.25, 0.3) is 0 Å². The van der Waals surface area contributed by atoms with Gasteiger partial charge in [0.25, 0.3) is 11.7 Å². The number of rotatable bonds is 16. The Kier molecular flexibility index (Phi) is 16.4. The summed E-state index contributed by atoms with van der Waals surface area (Å²) in [5.41, 5.74) is 7.11. The highest BCUT2D eigenvalue weighted by Gasteiger charge is 2.38. The SMILES string of the molecule is CCCCCCC(C(=O)[O-])C(CC)(CC)C(=O)[O-].c1ccc(N2N=C(c3cccs3)[NH2+]N2c2ccccc2)cc1.c1ccc(N2N=C(c3cccs3)[NH2+]N2c2ccccc2)cc1. The van der Waals surface area contributed by atoms with Gasteiger partial charge in [0.05, 0.1) is 11.4 Å². The van der Waals surface area contributed by atoms with E-state index in [0.717, 1.165) is 60.1 Å². The first kappa shape index (κ1) is 45.2. The molecule has 0 spiro atoms. The maximum absolute atomic E-state index is 11.3. The Morgan fingerprint density at radius 2 is 0.968 bits per heavy atom. The topological polar surface area (TPSA) is 151 Å². The third kappa shape index (κ3) is 11.1. The van der Waals surface area contributed by atoms with Crippen LogP contribution in [0, 0.1) is 11.3 Å². The van der Waals surface area contributed by atoms with Crippen LogP contribution in [0.3, 0.4) is 0 Å². The molecule has 2 aliphatic heterocycles. The summed E-state index contributed by atoms with van der Waals surface area (Å²) in [7, 11) is 0. The first-order valence-electron chi connectivity index (χ1n) is 21.0. The van der Waals surface area contributed by atoms with Gasteiger partial charge >= 0.3 is 0 Å². The van der Waals surface area contributed by atoms with E-state index in [1.54, 1.807) is 36.5 Å². The number of amidine groups is 2. The molecular weight excluding hydrogens is 817 g/mol. The Labute approximate surface area is 371 Å². The molecule has 12 nitrogen and oxygen atoms in total. The second-order valence-corrected chi connectivity index (χ2v) is 16.6. The number of para-hydroxylation sites is 4. The van der Waals surface area contributed by atoms with Gasteiger partial charge in [-0.25, -0.2) is 0 Å². The van der Waals surface area contributed by atoms with Crippen molar-refractivity contribution < 1.29 is 30.7 Å². The van der Waals surface area contributed by atoms with Gasteiger partial charge in [0.2, 0.25) is 0 Å². The van der Waals surface area contributed by atoms with Crippen molar-refractivity contribution in [2.75, 3.05) is 20.5 Å². The smallest absolute Gasteiger partial charge is 0.287 e. The lowest BCUT2D eigenvalue weighted by Crippen LogP contribution is -2.96. The third-order valence-electron chi connectivity index (χ3n) is 10.8. The number of hydrogen-bond donors (Lipinski definition) is 2. The maximum Gasteiger partial charge on any atom is 0.287 e. The number of hydrazine groups is 2. The summed E-state index contributed by atoms with van der Waals surface area (Å²) in [4.78, 5) is 24.9. The summed E-state index contributed by atoms with van der Waals surface area (Å²) in [5, 5.41) is 44.3. The predicted molar refractivity (Wildman–Crippen MR) is 247 cm³/mol. The van der Waals surface area contributed by atoms with Crippen LogP contribution in [0.5, 0.6) is 0 Å². The van der Waals surface area contributed by atoms with Crippen molar-refractivity contribution in [1.29, 1.82) is 0 Å². The molecule has 0 aliphatic carbocycles. The van der Waals surface area contributed by atoms with Gasteiger partial charge in [0, 0.05) is 23.3 Å². The Morgan fingerprint density at radius 1 is 0.565 bits per heavy atom. The zero-order valence-electron chi connectivity index (χ0n) is 35.3. The first-order chi connectivity index (χ1) is 30.3. The van der Waals surface area contributed by atoms with E-state index in [0.29, 0.717) is 6.42 Å². The minimum absolute atomic E-state index is 0.262. The van der Waals surface area contributed by atoms with Gasteiger partial charge in [-0.15, -0.1) is 43.1 Å². The van der Waals surface area contributed by atoms with Crippen LogP contribution in [0.15, 0.2) is 167 Å². The maximum atomic E-state index is 11.3. The number of hydrogen-bond acceptors (Lipinski definition) is 12. The average molecular weight is 871 g/mol. The number of carbonyl (C=O) groups is 2. The highest BCUT2D eigenvalue weighted by molar-refractivity contribution is 7.12. The number of carboxylic acids is 2. The number of anilines is 4. The molecule has 0 fully saturated rings. The van der Waals surface area contributed by atoms with Crippen LogP contribution in [0.2, 0.25) is 0 Å². The Balaban J connectivity index is 0.000000157. The van der Waals surface area contributed by atoms with Gasteiger partial charge in [0.1, 0.15) is 21.1 Å². The fourth-order valence-corrected chi connectivity index (χ4v) is 8.70. The van der Waals surface area contributed by atoms with Gasteiger partial charge in [-0.05, 0) is 90.7 Å². The minimum atomic E-state index is -1.29. The summed E-state index contributed by atoms with van der Waals surface area (Å²) in [6.07, 6.45) is 4.63. The molecule has 2 aliphatic rings. The molecule has 8 rings (SSSR count). The standard InChI is InChI=1S/2C17H14N4S.C14H26O4/c2*1-3-8-14(9-4-1)20-18-17(16-12-7-13-22-16)19-21(20)15-10-5-2-6-11-15;1-4-7-8-9-10-11(12(15)16)14(5-2,6-3)13(17)18/h2*1-13H,(H,18,19);11H,4-10H2,1-3H3,(H,15,16)(H,17,18). The largest absolute Gasteiger partial charge is 0.550 e. The lowest BCUT2D eigenvalue weighted by atomic mass is 9.69. The predicted octanol–water partition coefficient (Wildman–Crippen LogP) is 6.54. The van der Waals surface area contributed by atoms with E-state index in [1.807, 2.05) is 95.2 Å². The minimum Gasteiger partial charge on any atom is -0.550 e. The zero-order chi connectivity index (χ0) is 43.7. The van der Waals surface area contributed by atoms with Gasteiger partial charge in [-0.1, -0.05) is 142 Å². The number of quaternary nitrogens is 2. The quantitative estimate of drug-likeness (QED) is 0.0823. The zero-order valence-corrected chi connectivity index (χ0v) is 37.0. The number of carboxylic acid groups (broad SMARTS) is 2. The molecule has 0 bridgehead atoms. The fourth-order valence-electron chi connectivity index (χ4n) is 7.35. The Bertz CT molecular complexity index is 2170. The van der Waals surface area contributed by atoms with Crippen LogP contribution in [-0.2, 0) is 9.59 Å². The second-order valence-electron chi connectivity index (χ2n) is 14.7. The molecule has 0 saturated heterocycles. The van der Waals surface area contributed by atoms with Crippen molar-refractivity contribution >= 4 is 69.0 Å². The number of carbonyl (C=O) groups excluding carboxylic acids is 2. The van der Waals surface area contributed by atoms with Crippen molar-refractivity contribution in [2.45, 2.75) is 65.7 Å². The van der Waals surface area contributed by atoms with Crippen molar-refractivity contribution in [3.05, 3.63) is 166 Å². The van der Waals surface area contributed by atoms with E-state index in [4.69, 9.17) is 10.2 Å². The first-order valence-corrected chi connectivity index (χ1v) is 22.8. The highest BCUT2D eigenvalue weighted by Crippen LogP contribution is 2.38. The number of unbranched alkanes of at least 4 members (excludes halogenated alkanes) is 3. The lowest BCUT2D eigenvalue weighted by Gasteiger charge is -2.41. The lowest BCUT2D eigenvalue weighted by molar-refractivity contribution is -0.545. The highest BCUT2D eigenvalue weighted by atomic mass is 32.1. The number of nitrogens with zero attached hydrogens (tertiary/aromatic N) is 6. The Morgan fingerprint density at radius 3 is 1.29 bits per heavy atom. The van der Waals surface area contributed by atoms with E-state index in [-0.39, 0.29) is 12.8 Å². The fraction of sp³-hybridized carbons (Fsp3) is 0.250. The molecule has 0 amide bonds. The molecular formula is C48H54N8O4S2. The molecule has 0 saturated carbocycles. The van der Waals surface area contributed by atoms with E-state index in [1.165, 1.54) is 9.75 Å². The Hall–Kier alpha value is -6.32. The molecule has 62 heavy (non-hydrogen) atoms. The van der Waals surface area contributed by atoms with Gasteiger partial charge in [0.15, 0.2) is 0 Å². The van der Waals surface area contributed by atoms with Crippen LogP contribution in [0.1, 0.15) is 75.5 Å². The number of aliphatic carboxylic acids is 2. The van der Waals surface area contributed by atoms with Crippen LogP contribution < -0.4 is 41.5 Å². The molecule has 14 heteroatoms. The molecule has 4 heterocycles. The number of thiophene rings is 2. The second kappa shape index (κ2) is 22.5. The van der Waals surface area contributed by atoms with Crippen molar-refractivity contribution in [2.24, 2.45) is 21.5 Å².